The van der Waals surface area contributed by atoms with Crippen molar-refractivity contribution in [3.05, 3.63) is 34.7 Å². The number of carbonyl (C=O) groups excluding carboxylic acids is 2. The molecule has 3 rings (SSSR count). The molecule has 3 nitrogen and oxygen atoms in total. The van der Waals surface area contributed by atoms with Crippen LogP contribution < -0.4 is 5.32 Å². The predicted molar refractivity (Wildman–Crippen MR) is 52.7 cm³/mol. The summed E-state index contributed by atoms with van der Waals surface area (Å²) in [7, 11) is 0. The van der Waals surface area contributed by atoms with E-state index in [-0.39, 0.29) is 11.8 Å². The van der Waals surface area contributed by atoms with Crippen LogP contribution in [0.1, 0.15) is 20.0 Å². The van der Waals surface area contributed by atoms with Gasteiger partial charge in [0.1, 0.15) is 4.88 Å². The molecule has 0 radical (unpaired) electrons. The average Bonchev–Trinajstić information content (AvgIpc) is 2.70. The van der Waals surface area contributed by atoms with E-state index in [2.05, 4.69) is 5.32 Å². The number of hydrogen-bond acceptors (Lipinski definition) is 3. The van der Waals surface area contributed by atoms with E-state index in [9.17, 15) is 9.59 Å². The molecule has 3 aliphatic rings. The summed E-state index contributed by atoms with van der Waals surface area (Å²) in [6.45, 7) is 0. The molecule has 0 atom stereocenters. The van der Waals surface area contributed by atoms with Gasteiger partial charge in [0.2, 0.25) is 0 Å². The third-order valence-corrected chi connectivity index (χ3v) is 3.44. The van der Waals surface area contributed by atoms with E-state index in [4.69, 9.17) is 0 Å². The molecule has 0 fully saturated rings. The van der Waals surface area contributed by atoms with Crippen molar-refractivity contribution in [3.63, 3.8) is 0 Å². The molecular formula is C10H5NO2S. The highest BCUT2D eigenvalue weighted by molar-refractivity contribution is 7.17. The van der Waals surface area contributed by atoms with Gasteiger partial charge in [-0.05, 0) is 17.7 Å². The lowest BCUT2D eigenvalue weighted by Gasteiger charge is -1.99. The van der Waals surface area contributed by atoms with Gasteiger partial charge in [-0.3, -0.25) is 14.9 Å². The molecule has 0 aromatic rings. The molecule has 0 spiro atoms. The molecule has 2 heterocycles. The number of rotatable bonds is 0. The van der Waals surface area contributed by atoms with Gasteiger partial charge < -0.3 is 0 Å². The Hall–Kier alpha value is -1.68. The van der Waals surface area contributed by atoms with Crippen LogP contribution in [0.3, 0.4) is 0 Å². The monoisotopic (exact) mass is 203 g/mol. The quantitative estimate of drug-likeness (QED) is 0.663. The van der Waals surface area contributed by atoms with Crippen LogP contribution in [-0.2, 0) is 0 Å². The van der Waals surface area contributed by atoms with Gasteiger partial charge in [-0.1, -0.05) is 12.1 Å². The summed E-state index contributed by atoms with van der Waals surface area (Å²) >= 11 is 1.36. The Balaban J connectivity index is 2.39. The standard InChI is InChI=1S/C10H5NO2S/c12-9-6-4-5-2-1-3-7(5)14-8(6)10(13)11-9/h1-4H,(H,11,12,13). The van der Waals surface area contributed by atoms with Gasteiger partial charge in [-0.25, -0.2) is 0 Å². The molecule has 1 aliphatic carbocycles. The first kappa shape index (κ1) is 7.70. The summed E-state index contributed by atoms with van der Waals surface area (Å²) in [5, 5.41) is 2.28. The summed E-state index contributed by atoms with van der Waals surface area (Å²) in [4.78, 5) is 24.2. The van der Waals surface area contributed by atoms with Crippen LogP contribution >= 0.6 is 11.3 Å². The summed E-state index contributed by atoms with van der Waals surface area (Å²) in [5.74, 6) is -0.567. The summed E-state index contributed by atoms with van der Waals surface area (Å²) in [5.41, 5.74) is 1.51. The second kappa shape index (κ2) is 2.42. The van der Waals surface area contributed by atoms with E-state index in [0.29, 0.717) is 10.4 Å². The lowest BCUT2D eigenvalue weighted by molar-refractivity contribution is 0.0881. The van der Waals surface area contributed by atoms with Crippen LogP contribution in [0.15, 0.2) is 24.3 Å². The smallest absolute Gasteiger partial charge is 0.269 e. The van der Waals surface area contributed by atoms with Gasteiger partial charge in [0.15, 0.2) is 0 Å². The lowest BCUT2D eigenvalue weighted by atomic mass is 10.2. The largest absolute Gasteiger partial charge is 0.287 e. The zero-order chi connectivity index (χ0) is 9.71. The Morgan fingerprint density at radius 2 is 2.00 bits per heavy atom. The highest BCUT2D eigenvalue weighted by Gasteiger charge is 2.29. The SMILES string of the molecule is O=C1NC(=O)c2sc3cccc-3cc21. The van der Waals surface area contributed by atoms with Gasteiger partial charge in [0, 0.05) is 4.88 Å². The number of imide groups is 1. The number of amides is 2. The summed E-state index contributed by atoms with van der Waals surface area (Å²) in [6, 6.07) is 7.55. The third-order valence-electron chi connectivity index (χ3n) is 2.24. The maximum Gasteiger partial charge on any atom is 0.269 e. The molecule has 2 amide bonds. The fraction of sp³-hybridized carbons (Fsp3) is 0. The molecule has 0 saturated carbocycles. The minimum Gasteiger partial charge on any atom is -0.287 e. The first-order valence-corrected chi connectivity index (χ1v) is 4.95. The Labute approximate surface area is 83.7 Å². The second-order valence-electron chi connectivity index (χ2n) is 3.12. The molecule has 0 aromatic carbocycles. The third kappa shape index (κ3) is 0.858. The van der Waals surface area contributed by atoms with E-state index >= 15 is 0 Å². The molecule has 0 saturated heterocycles. The van der Waals surface area contributed by atoms with E-state index in [1.807, 2.05) is 18.2 Å². The predicted octanol–water partition coefficient (Wildman–Crippen LogP) is 1.74. The van der Waals surface area contributed by atoms with Crippen molar-refractivity contribution in [2.75, 3.05) is 0 Å². The van der Waals surface area contributed by atoms with Gasteiger partial charge >= 0.3 is 0 Å². The van der Waals surface area contributed by atoms with Crippen molar-refractivity contribution >= 4 is 23.2 Å². The molecular weight excluding hydrogens is 198 g/mol. The number of carbonyl (C=O) groups is 2. The van der Waals surface area contributed by atoms with Crippen molar-refractivity contribution in [3.8, 4) is 10.4 Å². The van der Waals surface area contributed by atoms with Crippen molar-refractivity contribution in [2.45, 2.75) is 0 Å². The molecule has 68 valence electrons. The van der Waals surface area contributed by atoms with Gasteiger partial charge in [-0.2, -0.15) is 0 Å². The summed E-state index contributed by atoms with van der Waals surface area (Å²) < 4.78 is 0. The van der Waals surface area contributed by atoms with Crippen LogP contribution in [0.4, 0.5) is 0 Å². The van der Waals surface area contributed by atoms with Crippen molar-refractivity contribution in [2.24, 2.45) is 0 Å². The van der Waals surface area contributed by atoms with E-state index in [0.717, 1.165) is 10.4 Å². The highest BCUT2D eigenvalue weighted by Crippen LogP contribution is 2.34. The van der Waals surface area contributed by atoms with Gasteiger partial charge in [-0.15, -0.1) is 11.3 Å². The lowest BCUT2D eigenvalue weighted by Crippen LogP contribution is -2.19. The minimum absolute atomic E-state index is 0.280. The first-order chi connectivity index (χ1) is 6.75. The highest BCUT2D eigenvalue weighted by atomic mass is 32.1. The van der Waals surface area contributed by atoms with Crippen LogP contribution in [-0.4, -0.2) is 11.8 Å². The molecule has 0 bridgehead atoms. The van der Waals surface area contributed by atoms with Crippen LogP contribution in [0.2, 0.25) is 0 Å². The zero-order valence-electron chi connectivity index (χ0n) is 7.03. The Morgan fingerprint density at radius 1 is 1.14 bits per heavy atom. The van der Waals surface area contributed by atoms with E-state index in [1.54, 1.807) is 6.07 Å². The molecule has 0 unspecified atom stereocenters. The normalized spacial score (nSPS) is 14.6. The van der Waals surface area contributed by atoms with Crippen LogP contribution in [0, 0.1) is 0 Å². The van der Waals surface area contributed by atoms with Gasteiger partial charge in [0.25, 0.3) is 11.8 Å². The fourth-order valence-corrected chi connectivity index (χ4v) is 2.60. The Kier molecular flexibility index (Phi) is 1.33. The first-order valence-electron chi connectivity index (χ1n) is 4.14. The van der Waals surface area contributed by atoms with Crippen molar-refractivity contribution < 1.29 is 9.59 Å². The summed E-state index contributed by atoms with van der Waals surface area (Å²) in [6.07, 6.45) is 0. The number of nitrogens with one attached hydrogen (secondary N) is 1. The van der Waals surface area contributed by atoms with E-state index in [1.165, 1.54) is 11.3 Å². The second-order valence-corrected chi connectivity index (χ2v) is 4.17. The maximum absolute atomic E-state index is 11.3. The number of fused-ring (bicyclic) bond motifs is 2. The molecule has 0 aromatic heterocycles. The van der Waals surface area contributed by atoms with Crippen molar-refractivity contribution in [1.82, 2.24) is 5.32 Å². The molecule has 2 aliphatic heterocycles. The van der Waals surface area contributed by atoms with E-state index < -0.39 is 0 Å². The molecule has 14 heavy (non-hydrogen) atoms. The fourth-order valence-electron chi connectivity index (χ4n) is 1.58. The maximum atomic E-state index is 11.3. The Morgan fingerprint density at radius 3 is 2.86 bits per heavy atom. The molecule has 4 heteroatoms. The minimum atomic E-state index is -0.288. The van der Waals surface area contributed by atoms with Crippen molar-refractivity contribution in [1.29, 1.82) is 0 Å². The van der Waals surface area contributed by atoms with Gasteiger partial charge in [0.05, 0.1) is 5.56 Å². The van der Waals surface area contributed by atoms with Crippen LogP contribution in [0.5, 0.6) is 0 Å². The topological polar surface area (TPSA) is 46.2 Å². The average molecular weight is 203 g/mol. The Bertz CT molecular complexity index is 484. The molecule has 1 N–H and O–H groups in total. The van der Waals surface area contributed by atoms with Crippen LogP contribution in [0.25, 0.3) is 10.4 Å². The zero-order valence-corrected chi connectivity index (χ0v) is 7.85. The number of hydrogen-bond donors (Lipinski definition) is 1.